The van der Waals surface area contributed by atoms with Crippen molar-refractivity contribution in [3.63, 3.8) is 0 Å². The van der Waals surface area contributed by atoms with Gasteiger partial charge in [-0.3, -0.25) is 0 Å². The molecule has 2 N–H and O–H groups in total. The SMILES string of the molecule is CC=CCCNC(=NCc1cccs1)NCC. The third-order valence-electron chi connectivity index (χ3n) is 2.16. The van der Waals surface area contributed by atoms with Crippen LogP contribution < -0.4 is 10.6 Å². The Morgan fingerprint density at radius 2 is 2.35 bits per heavy atom. The highest BCUT2D eigenvalue weighted by atomic mass is 32.1. The summed E-state index contributed by atoms with van der Waals surface area (Å²) in [6, 6.07) is 4.17. The van der Waals surface area contributed by atoms with Gasteiger partial charge in [-0.05, 0) is 31.7 Å². The topological polar surface area (TPSA) is 36.4 Å². The number of allylic oxidation sites excluding steroid dienone is 1. The Balaban J connectivity index is 2.38. The zero-order valence-electron chi connectivity index (χ0n) is 10.6. The fourth-order valence-electron chi connectivity index (χ4n) is 1.34. The lowest BCUT2D eigenvalue weighted by Crippen LogP contribution is -2.37. The number of nitrogens with zero attached hydrogens (tertiary/aromatic N) is 1. The summed E-state index contributed by atoms with van der Waals surface area (Å²) in [5, 5.41) is 8.63. The van der Waals surface area contributed by atoms with Gasteiger partial charge in [-0.15, -0.1) is 11.3 Å². The number of thiophene rings is 1. The first-order valence-corrected chi connectivity index (χ1v) is 6.90. The zero-order valence-corrected chi connectivity index (χ0v) is 11.4. The Kier molecular flexibility index (Phi) is 7.14. The van der Waals surface area contributed by atoms with E-state index in [9.17, 15) is 0 Å². The van der Waals surface area contributed by atoms with E-state index in [-0.39, 0.29) is 0 Å². The average molecular weight is 251 g/mol. The van der Waals surface area contributed by atoms with Gasteiger partial charge in [-0.1, -0.05) is 18.2 Å². The van der Waals surface area contributed by atoms with E-state index in [1.165, 1.54) is 4.88 Å². The van der Waals surface area contributed by atoms with Gasteiger partial charge in [0, 0.05) is 18.0 Å². The van der Waals surface area contributed by atoms with E-state index in [0.29, 0.717) is 0 Å². The van der Waals surface area contributed by atoms with Gasteiger partial charge >= 0.3 is 0 Å². The minimum atomic E-state index is 0.747. The minimum Gasteiger partial charge on any atom is -0.357 e. The maximum absolute atomic E-state index is 4.53. The van der Waals surface area contributed by atoms with Crippen molar-refractivity contribution in [1.82, 2.24) is 10.6 Å². The van der Waals surface area contributed by atoms with Crippen LogP contribution in [0.5, 0.6) is 0 Å². The summed E-state index contributed by atoms with van der Waals surface area (Å²) in [6.07, 6.45) is 5.24. The Hall–Kier alpha value is -1.29. The van der Waals surface area contributed by atoms with Crippen LogP contribution in [0, 0.1) is 0 Å². The second-order valence-electron chi connectivity index (χ2n) is 3.56. The first kappa shape index (κ1) is 13.8. The van der Waals surface area contributed by atoms with E-state index in [0.717, 1.165) is 32.0 Å². The Bertz CT molecular complexity index is 342. The molecule has 1 aromatic heterocycles. The molecule has 0 fully saturated rings. The predicted octanol–water partition coefficient (Wildman–Crippen LogP) is 2.77. The summed E-state index contributed by atoms with van der Waals surface area (Å²) in [4.78, 5) is 5.82. The predicted molar refractivity (Wildman–Crippen MR) is 76.6 cm³/mol. The number of nitrogens with one attached hydrogen (secondary N) is 2. The van der Waals surface area contributed by atoms with Crippen molar-refractivity contribution in [2.45, 2.75) is 26.8 Å². The maximum atomic E-state index is 4.53. The second-order valence-corrected chi connectivity index (χ2v) is 4.59. The largest absolute Gasteiger partial charge is 0.357 e. The highest BCUT2D eigenvalue weighted by Crippen LogP contribution is 2.09. The van der Waals surface area contributed by atoms with Crippen molar-refractivity contribution >= 4 is 17.3 Å². The number of hydrogen-bond donors (Lipinski definition) is 2. The molecule has 0 aliphatic carbocycles. The van der Waals surface area contributed by atoms with Crippen LogP contribution in [0.15, 0.2) is 34.7 Å². The lowest BCUT2D eigenvalue weighted by Gasteiger charge is -2.09. The normalized spacial score (nSPS) is 12.0. The van der Waals surface area contributed by atoms with Crippen molar-refractivity contribution in [3.8, 4) is 0 Å². The molecule has 0 spiro atoms. The fourth-order valence-corrected chi connectivity index (χ4v) is 1.97. The molecule has 0 amide bonds. The van der Waals surface area contributed by atoms with E-state index in [4.69, 9.17) is 0 Å². The van der Waals surface area contributed by atoms with Crippen LogP contribution in [0.25, 0.3) is 0 Å². The molecule has 0 radical (unpaired) electrons. The van der Waals surface area contributed by atoms with Crippen molar-refractivity contribution < 1.29 is 0 Å². The Labute approximate surface area is 108 Å². The van der Waals surface area contributed by atoms with Crippen LogP contribution in [-0.4, -0.2) is 19.0 Å². The highest BCUT2D eigenvalue weighted by Gasteiger charge is 1.96. The van der Waals surface area contributed by atoms with Gasteiger partial charge in [0.2, 0.25) is 0 Å². The standard InChI is InChI=1S/C13H21N3S/c1-3-5-6-9-15-13(14-4-2)16-11-12-8-7-10-17-12/h3,5,7-8,10H,4,6,9,11H2,1-2H3,(H2,14,15,16). The molecule has 4 heteroatoms. The molecular weight excluding hydrogens is 230 g/mol. The van der Waals surface area contributed by atoms with Crippen molar-refractivity contribution in [3.05, 3.63) is 34.5 Å². The zero-order chi connectivity index (χ0) is 12.3. The second kappa shape index (κ2) is 8.82. The van der Waals surface area contributed by atoms with E-state index < -0.39 is 0 Å². The third-order valence-corrected chi connectivity index (χ3v) is 3.02. The molecule has 0 atom stereocenters. The Morgan fingerprint density at radius 3 is 3.00 bits per heavy atom. The van der Waals surface area contributed by atoms with Crippen molar-refractivity contribution in [2.24, 2.45) is 4.99 Å². The lowest BCUT2D eigenvalue weighted by atomic mass is 10.4. The number of rotatable bonds is 6. The summed E-state index contributed by atoms with van der Waals surface area (Å²) in [6.45, 7) is 6.67. The number of hydrogen-bond acceptors (Lipinski definition) is 2. The molecule has 0 unspecified atom stereocenters. The highest BCUT2D eigenvalue weighted by molar-refractivity contribution is 7.09. The van der Waals surface area contributed by atoms with Gasteiger partial charge < -0.3 is 10.6 Å². The van der Waals surface area contributed by atoms with E-state index in [1.807, 2.05) is 6.92 Å². The quantitative estimate of drug-likeness (QED) is 0.353. The molecule has 3 nitrogen and oxygen atoms in total. The van der Waals surface area contributed by atoms with E-state index in [1.54, 1.807) is 11.3 Å². The number of aliphatic imine (C=N–C) groups is 1. The van der Waals surface area contributed by atoms with Gasteiger partial charge in [0.15, 0.2) is 5.96 Å². The number of guanidine groups is 1. The molecule has 17 heavy (non-hydrogen) atoms. The van der Waals surface area contributed by atoms with Crippen molar-refractivity contribution in [2.75, 3.05) is 13.1 Å². The van der Waals surface area contributed by atoms with E-state index in [2.05, 4.69) is 52.2 Å². The van der Waals surface area contributed by atoms with Gasteiger partial charge in [-0.2, -0.15) is 0 Å². The first-order chi connectivity index (χ1) is 8.36. The smallest absolute Gasteiger partial charge is 0.191 e. The van der Waals surface area contributed by atoms with Crippen LogP contribution in [0.4, 0.5) is 0 Å². The average Bonchev–Trinajstić information content (AvgIpc) is 2.84. The molecule has 0 saturated heterocycles. The maximum Gasteiger partial charge on any atom is 0.191 e. The van der Waals surface area contributed by atoms with Gasteiger partial charge in [-0.25, -0.2) is 4.99 Å². The lowest BCUT2D eigenvalue weighted by molar-refractivity contribution is 0.811. The monoisotopic (exact) mass is 251 g/mol. The van der Waals surface area contributed by atoms with Crippen molar-refractivity contribution in [1.29, 1.82) is 0 Å². The molecule has 1 aromatic rings. The minimum absolute atomic E-state index is 0.747. The van der Waals surface area contributed by atoms with Crippen LogP contribution in [0.1, 0.15) is 25.1 Å². The Morgan fingerprint density at radius 1 is 1.47 bits per heavy atom. The molecule has 0 aromatic carbocycles. The van der Waals surface area contributed by atoms with Gasteiger partial charge in [0.25, 0.3) is 0 Å². The summed E-state index contributed by atoms with van der Waals surface area (Å²) >= 11 is 1.74. The van der Waals surface area contributed by atoms with Gasteiger partial charge in [0.05, 0.1) is 6.54 Å². The molecule has 0 aliphatic rings. The first-order valence-electron chi connectivity index (χ1n) is 6.02. The molecule has 1 rings (SSSR count). The molecule has 94 valence electrons. The third kappa shape index (κ3) is 6.12. The van der Waals surface area contributed by atoms with Crippen LogP contribution in [0.3, 0.4) is 0 Å². The summed E-state index contributed by atoms with van der Waals surface area (Å²) in [5.74, 6) is 0.894. The van der Waals surface area contributed by atoms with E-state index >= 15 is 0 Å². The summed E-state index contributed by atoms with van der Waals surface area (Å²) in [7, 11) is 0. The summed E-state index contributed by atoms with van der Waals surface area (Å²) < 4.78 is 0. The van der Waals surface area contributed by atoms with Gasteiger partial charge in [0.1, 0.15) is 0 Å². The van der Waals surface area contributed by atoms with Crippen LogP contribution in [-0.2, 0) is 6.54 Å². The molecule has 0 aliphatic heterocycles. The fraction of sp³-hybridized carbons (Fsp3) is 0.462. The van der Waals surface area contributed by atoms with Crippen LogP contribution >= 0.6 is 11.3 Å². The molecule has 1 heterocycles. The summed E-state index contributed by atoms with van der Waals surface area (Å²) in [5.41, 5.74) is 0. The van der Waals surface area contributed by atoms with Crippen LogP contribution in [0.2, 0.25) is 0 Å². The molecule has 0 saturated carbocycles. The molecular formula is C13H21N3S. The molecule has 0 bridgehead atoms.